The highest BCUT2D eigenvalue weighted by molar-refractivity contribution is 6.30. The van der Waals surface area contributed by atoms with E-state index in [4.69, 9.17) is 11.6 Å². The van der Waals surface area contributed by atoms with Crippen molar-refractivity contribution < 1.29 is 14.4 Å². The summed E-state index contributed by atoms with van der Waals surface area (Å²) in [6.07, 6.45) is 2.22. The van der Waals surface area contributed by atoms with Crippen molar-refractivity contribution in [2.24, 2.45) is 0 Å². The maximum Gasteiger partial charge on any atom is 0.322 e. The number of urea groups is 1. The van der Waals surface area contributed by atoms with Gasteiger partial charge in [-0.05, 0) is 35.2 Å². The van der Waals surface area contributed by atoms with Gasteiger partial charge in [0.25, 0.3) is 5.91 Å². The Hall–Kier alpha value is -4.36. The van der Waals surface area contributed by atoms with Crippen LogP contribution in [0.15, 0.2) is 109 Å². The fourth-order valence-electron chi connectivity index (χ4n) is 5.14. The lowest BCUT2D eigenvalue weighted by Crippen LogP contribution is -2.47. The van der Waals surface area contributed by atoms with Crippen molar-refractivity contribution >= 4 is 29.4 Å². The second kappa shape index (κ2) is 11.6. The molecule has 5 rings (SSSR count). The van der Waals surface area contributed by atoms with Crippen LogP contribution in [0.5, 0.6) is 0 Å². The van der Waals surface area contributed by atoms with Crippen LogP contribution in [0.1, 0.15) is 28.8 Å². The van der Waals surface area contributed by atoms with Gasteiger partial charge in [0.2, 0.25) is 5.91 Å². The molecule has 0 fully saturated rings. The highest BCUT2D eigenvalue weighted by Gasteiger charge is 2.44. The molecule has 0 spiro atoms. The molecule has 4 amide bonds. The van der Waals surface area contributed by atoms with Crippen LogP contribution in [-0.4, -0.2) is 47.3 Å². The largest absolute Gasteiger partial charge is 0.347 e. The van der Waals surface area contributed by atoms with Gasteiger partial charge in [-0.15, -0.1) is 6.58 Å². The van der Waals surface area contributed by atoms with Gasteiger partial charge in [0.05, 0.1) is 29.9 Å². The summed E-state index contributed by atoms with van der Waals surface area (Å²) < 4.78 is 0. The van der Waals surface area contributed by atoms with Gasteiger partial charge < -0.3 is 15.5 Å². The van der Waals surface area contributed by atoms with E-state index in [9.17, 15) is 14.4 Å². The minimum absolute atomic E-state index is 0.137. The number of benzene rings is 3. The first kappa shape index (κ1) is 26.3. The van der Waals surface area contributed by atoms with Gasteiger partial charge in [0, 0.05) is 11.6 Å². The van der Waals surface area contributed by atoms with Crippen molar-refractivity contribution in [3.8, 4) is 0 Å². The molecule has 2 atom stereocenters. The van der Waals surface area contributed by atoms with Crippen molar-refractivity contribution in [3.05, 3.63) is 131 Å². The molecule has 2 heterocycles. The van der Waals surface area contributed by atoms with Gasteiger partial charge in [-0.2, -0.15) is 0 Å². The van der Waals surface area contributed by atoms with Crippen LogP contribution in [0.2, 0.25) is 5.02 Å². The van der Waals surface area contributed by atoms with Crippen LogP contribution in [0.4, 0.5) is 4.79 Å². The lowest BCUT2D eigenvalue weighted by atomic mass is 9.95. The lowest BCUT2D eigenvalue weighted by Gasteiger charge is -2.33. The quantitative estimate of drug-likeness (QED) is 0.383. The summed E-state index contributed by atoms with van der Waals surface area (Å²) in [5.41, 5.74) is 3.79. The first-order valence-electron chi connectivity index (χ1n) is 12.8. The molecule has 0 bridgehead atoms. The Balaban J connectivity index is 1.37. The summed E-state index contributed by atoms with van der Waals surface area (Å²) in [6.45, 7) is 4.00. The molecule has 39 heavy (non-hydrogen) atoms. The average molecular weight is 541 g/mol. The number of halogens is 1. The molecule has 2 N–H and O–H groups in total. The van der Waals surface area contributed by atoms with Crippen molar-refractivity contribution in [2.45, 2.75) is 18.5 Å². The van der Waals surface area contributed by atoms with E-state index in [2.05, 4.69) is 17.2 Å². The maximum atomic E-state index is 13.7. The number of nitrogens with zero attached hydrogens (tertiary/aromatic N) is 2. The SMILES string of the molecule is C=CCN1C(=O)N[C@@H](c2cccc(Cl)c2)C2=C1CN(CC(=O)N[C@H](Cc1ccccc1)c1ccccc1)C2=O. The normalized spacial score (nSPS) is 17.5. The van der Waals surface area contributed by atoms with Gasteiger partial charge >= 0.3 is 6.03 Å². The van der Waals surface area contributed by atoms with Crippen molar-refractivity contribution in [3.63, 3.8) is 0 Å². The number of rotatable bonds is 9. The minimum Gasteiger partial charge on any atom is -0.347 e. The van der Waals surface area contributed by atoms with E-state index in [1.807, 2.05) is 66.7 Å². The van der Waals surface area contributed by atoms with E-state index < -0.39 is 6.04 Å². The molecule has 8 heteroatoms. The molecule has 3 aromatic rings. The van der Waals surface area contributed by atoms with Crippen molar-refractivity contribution in [2.75, 3.05) is 19.6 Å². The summed E-state index contributed by atoms with van der Waals surface area (Å²) in [5.74, 6) is -0.569. The van der Waals surface area contributed by atoms with Crippen LogP contribution in [0, 0.1) is 0 Å². The first-order valence-corrected chi connectivity index (χ1v) is 13.2. The van der Waals surface area contributed by atoms with Crippen LogP contribution >= 0.6 is 11.6 Å². The summed E-state index contributed by atoms with van der Waals surface area (Å²) >= 11 is 6.21. The molecular weight excluding hydrogens is 512 g/mol. The Bertz CT molecular complexity index is 1420. The van der Waals surface area contributed by atoms with Gasteiger partial charge in [-0.3, -0.25) is 14.5 Å². The molecule has 0 radical (unpaired) electrons. The highest BCUT2D eigenvalue weighted by atomic mass is 35.5. The van der Waals surface area contributed by atoms with Crippen LogP contribution in [0.25, 0.3) is 0 Å². The third-order valence-electron chi connectivity index (χ3n) is 6.94. The first-order chi connectivity index (χ1) is 18.9. The third-order valence-corrected chi connectivity index (χ3v) is 7.18. The van der Waals surface area contributed by atoms with Gasteiger partial charge in [-0.25, -0.2) is 4.79 Å². The molecule has 7 nitrogen and oxygen atoms in total. The van der Waals surface area contributed by atoms with E-state index in [-0.39, 0.29) is 43.5 Å². The van der Waals surface area contributed by atoms with Crippen molar-refractivity contribution in [1.29, 1.82) is 0 Å². The topological polar surface area (TPSA) is 81.8 Å². The van der Waals surface area contributed by atoms with Gasteiger partial charge in [-0.1, -0.05) is 90.5 Å². The molecule has 2 aliphatic heterocycles. The number of carbonyl (C=O) groups is 3. The molecule has 3 aromatic carbocycles. The molecular formula is C31H29ClN4O3. The zero-order valence-corrected chi connectivity index (χ0v) is 22.1. The standard InChI is InChI=1S/C31H29ClN4O3/c1-2-16-36-26-19-35(30(38)28(26)29(34-31(36)39)23-14-9-15-24(32)18-23)20-27(37)33-25(22-12-7-4-8-13-22)17-21-10-5-3-6-11-21/h2-15,18,25,29H,1,16-17,19-20H2,(H,33,37)(H,34,39)/t25-,29+/m1/s1. The summed E-state index contributed by atoms with van der Waals surface area (Å²) in [5, 5.41) is 6.56. The van der Waals surface area contributed by atoms with E-state index in [1.54, 1.807) is 24.3 Å². The Morgan fingerprint density at radius 2 is 1.77 bits per heavy atom. The maximum absolute atomic E-state index is 13.7. The Labute approximate surface area is 232 Å². The Morgan fingerprint density at radius 1 is 1.05 bits per heavy atom. The number of nitrogens with one attached hydrogen (secondary N) is 2. The summed E-state index contributed by atoms with van der Waals surface area (Å²) in [7, 11) is 0. The number of hydrogen-bond donors (Lipinski definition) is 2. The Kier molecular flexibility index (Phi) is 7.79. The van der Waals surface area contributed by atoms with Gasteiger partial charge in [0.15, 0.2) is 0 Å². The summed E-state index contributed by atoms with van der Waals surface area (Å²) in [6, 6.07) is 25.5. The molecule has 0 aliphatic carbocycles. The zero-order valence-electron chi connectivity index (χ0n) is 21.3. The molecule has 0 saturated carbocycles. The Morgan fingerprint density at radius 3 is 2.46 bits per heavy atom. The molecule has 2 aliphatic rings. The summed E-state index contributed by atoms with van der Waals surface area (Å²) in [4.78, 5) is 43.0. The third kappa shape index (κ3) is 5.73. The molecule has 0 aromatic heterocycles. The number of hydrogen-bond acceptors (Lipinski definition) is 3. The average Bonchev–Trinajstić information content (AvgIpc) is 3.26. The van der Waals surface area contributed by atoms with E-state index in [1.165, 1.54) is 9.80 Å². The molecule has 198 valence electrons. The fraction of sp³-hybridized carbons (Fsp3) is 0.194. The monoisotopic (exact) mass is 540 g/mol. The number of amides is 4. The fourth-order valence-corrected chi connectivity index (χ4v) is 5.33. The second-order valence-electron chi connectivity index (χ2n) is 9.58. The van der Waals surface area contributed by atoms with E-state index in [0.717, 1.165) is 11.1 Å². The minimum atomic E-state index is -0.664. The predicted octanol–water partition coefficient (Wildman–Crippen LogP) is 4.79. The van der Waals surface area contributed by atoms with Crippen LogP contribution in [-0.2, 0) is 16.0 Å². The van der Waals surface area contributed by atoms with E-state index in [0.29, 0.717) is 28.3 Å². The van der Waals surface area contributed by atoms with Crippen molar-refractivity contribution in [1.82, 2.24) is 20.4 Å². The highest BCUT2D eigenvalue weighted by Crippen LogP contribution is 2.36. The van der Waals surface area contributed by atoms with Crippen LogP contribution < -0.4 is 10.6 Å². The molecule has 0 saturated heterocycles. The zero-order chi connectivity index (χ0) is 27.4. The van der Waals surface area contributed by atoms with E-state index >= 15 is 0 Å². The number of carbonyl (C=O) groups excluding carboxylic acids is 3. The second-order valence-corrected chi connectivity index (χ2v) is 10.0. The smallest absolute Gasteiger partial charge is 0.322 e. The molecule has 0 unspecified atom stereocenters. The predicted molar refractivity (Wildman–Crippen MR) is 151 cm³/mol. The van der Waals surface area contributed by atoms with Gasteiger partial charge in [0.1, 0.15) is 6.54 Å². The van der Waals surface area contributed by atoms with Crippen LogP contribution in [0.3, 0.4) is 0 Å². The lowest BCUT2D eigenvalue weighted by molar-refractivity contribution is -0.132.